The summed E-state index contributed by atoms with van der Waals surface area (Å²) in [5.41, 5.74) is 4.55. The zero-order chi connectivity index (χ0) is 8.20. The summed E-state index contributed by atoms with van der Waals surface area (Å²) < 4.78 is 14.8. The van der Waals surface area contributed by atoms with Gasteiger partial charge in [0.25, 0.3) is 0 Å². The summed E-state index contributed by atoms with van der Waals surface area (Å²) in [6.07, 6.45) is 0. The number of nitrogens with two attached hydrogens (primary N) is 1. The fraction of sp³-hybridized carbons (Fsp3) is 0.667. The van der Waals surface area contributed by atoms with Crippen LogP contribution in [0.2, 0.25) is 0 Å². The van der Waals surface area contributed by atoms with Crippen molar-refractivity contribution in [3.05, 3.63) is 0 Å². The summed E-state index contributed by atoms with van der Waals surface area (Å²) in [7, 11) is -3.97. The Hall–Kier alpha value is -0.580. The smallest absolute Gasteiger partial charge is 0.351 e. The quantitative estimate of drug-likeness (QED) is 0.507. The molecular weight excluding hydrogens is 159 g/mol. The van der Waals surface area contributed by atoms with Crippen molar-refractivity contribution in [3.8, 4) is 0 Å². The van der Waals surface area contributed by atoms with Crippen LogP contribution in [0.25, 0.3) is 0 Å². The number of carbonyl (C=O) groups is 1. The Morgan fingerprint density at radius 1 is 1.90 bits per heavy atom. The molecule has 0 fully saturated rings. The number of hydrogen-bond donors (Lipinski definition) is 3. The molecule has 0 bridgehead atoms. The van der Waals surface area contributed by atoms with Crippen LogP contribution >= 0.6 is 7.75 Å². The summed E-state index contributed by atoms with van der Waals surface area (Å²) in [6, 6.07) is -1.08. The largest absolute Gasteiger partial charge is 0.433 e. The third-order valence-corrected chi connectivity index (χ3v) is 1.67. The minimum Gasteiger partial charge on any atom is -0.351 e. The Kier molecular flexibility index (Phi) is 3.35. The van der Waals surface area contributed by atoms with E-state index >= 15 is 0 Å². The molecule has 0 aromatic rings. The molecule has 0 saturated heterocycles. The van der Waals surface area contributed by atoms with E-state index < -0.39 is 13.8 Å². The highest BCUT2D eigenvalue weighted by atomic mass is 31.2. The maximum absolute atomic E-state index is 10.5. The lowest BCUT2D eigenvalue weighted by Crippen LogP contribution is -2.27. The standard InChI is InChI=1S/C3H9N2O4P/c1-2-9-10(7,8)5-3(4)6/h2H2,1H3,(H4,4,5,6,7,8). The van der Waals surface area contributed by atoms with Crippen LogP contribution in [0.5, 0.6) is 0 Å². The molecule has 0 heterocycles. The lowest BCUT2D eigenvalue weighted by atomic mass is 10.9. The lowest BCUT2D eigenvalue weighted by Gasteiger charge is -2.08. The van der Waals surface area contributed by atoms with E-state index in [1.54, 1.807) is 5.09 Å². The van der Waals surface area contributed by atoms with Crippen LogP contribution in [0.15, 0.2) is 0 Å². The van der Waals surface area contributed by atoms with Gasteiger partial charge in [0, 0.05) is 0 Å². The van der Waals surface area contributed by atoms with Crippen LogP contribution in [0.1, 0.15) is 6.92 Å². The average Bonchev–Trinajstić information content (AvgIpc) is 1.59. The van der Waals surface area contributed by atoms with Gasteiger partial charge in [-0.2, -0.15) is 0 Å². The van der Waals surface area contributed by atoms with E-state index in [9.17, 15) is 9.36 Å². The van der Waals surface area contributed by atoms with E-state index in [-0.39, 0.29) is 6.61 Å². The molecule has 6 nitrogen and oxygen atoms in total. The van der Waals surface area contributed by atoms with Crippen LogP contribution in [0, 0.1) is 0 Å². The van der Waals surface area contributed by atoms with Crippen molar-refractivity contribution in [3.63, 3.8) is 0 Å². The van der Waals surface area contributed by atoms with Crippen LogP contribution in [0.4, 0.5) is 4.79 Å². The van der Waals surface area contributed by atoms with Gasteiger partial charge in [0.05, 0.1) is 6.61 Å². The first-order chi connectivity index (χ1) is 4.48. The van der Waals surface area contributed by atoms with Gasteiger partial charge < -0.3 is 10.6 Å². The first-order valence-corrected chi connectivity index (χ1v) is 4.10. The summed E-state index contributed by atoms with van der Waals surface area (Å²) >= 11 is 0. The zero-order valence-corrected chi connectivity index (χ0v) is 6.30. The fourth-order valence-electron chi connectivity index (χ4n) is 0.347. The molecule has 7 heteroatoms. The third-order valence-electron chi connectivity index (χ3n) is 0.556. The Morgan fingerprint density at radius 3 is 2.70 bits per heavy atom. The molecule has 0 aliphatic rings. The Labute approximate surface area is 57.9 Å². The second kappa shape index (κ2) is 3.55. The monoisotopic (exact) mass is 168 g/mol. The number of carbonyl (C=O) groups excluding carboxylic acids is 1. The molecular formula is C3H9N2O4P. The Balaban J connectivity index is 3.87. The highest BCUT2D eigenvalue weighted by Gasteiger charge is 2.19. The van der Waals surface area contributed by atoms with E-state index in [1.807, 2.05) is 0 Å². The first kappa shape index (κ1) is 9.42. The van der Waals surface area contributed by atoms with Crippen molar-refractivity contribution < 1.29 is 18.8 Å². The topological polar surface area (TPSA) is 102 Å². The summed E-state index contributed by atoms with van der Waals surface area (Å²) in [5.74, 6) is 0. The van der Waals surface area contributed by atoms with Crippen LogP contribution in [0.3, 0.4) is 0 Å². The van der Waals surface area contributed by atoms with Gasteiger partial charge in [0.2, 0.25) is 0 Å². The van der Waals surface area contributed by atoms with Crippen LogP contribution in [-0.2, 0) is 9.09 Å². The van der Waals surface area contributed by atoms with Gasteiger partial charge in [-0.3, -0.25) is 4.52 Å². The minimum absolute atomic E-state index is 0.0358. The highest BCUT2D eigenvalue weighted by Crippen LogP contribution is 2.35. The molecule has 0 radical (unpaired) electrons. The molecule has 0 aromatic carbocycles. The molecule has 1 unspecified atom stereocenters. The van der Waals surface area contributed by atoms with Crippen molar-refractivity contribution in [2.45, 2.75) is 6.92 Å². The summed E-state index contributed by atoms with van der Waals surface area (Å²) in [5, 5.41) is 1.55. The summed E-state index contributed by atoms with van der Waals surface area (Å²) in [6.45, 7) is 1.56. The first-order valence-electron chi connectivity index (χ1n) is 2.53. The van der Waals surface area contributed by atoms with Crippen molar-refractivity contribution in [2.24, 2.45) is 5.73 Å². The molecule has 0 saturated carbocycles. The molecule has 0 rings (SSSR count). The van der Waals surface area contributed by atoms with Gasteiger partial charge in [-0.05, 0) is 6.92 Å². The van der Waals surface area contributed by atoms with E-state index in [4.69, 9.17) is 4.89 Å². The molecule has 0 aliphatic heterocycles. The number of nitrogens with one attached hydrogen (secondary N) is 1. The number of rotatable bonds is 3. The number of primary amides is 1. The van der Waals surface area contributed by atoms with E-state index in [1.165, 1.54) is 6.92 Å². The van der Waals surface area contributed by atoms with Crippen molar-refractivity contribution >= 4 is 13.8 Å². The second-order valence-electron chi connectivity index (χ2n) is 1.41. The third kappa shape index (κ3) is 4.31. The van der Waals surface area contributed by atoms with Gasteiger partial charge >= 0.3 is 13.8 Å². The summed E-state index contributed by atoms with van der Waals surface area (Å²) in [4.78, 5) is 18.6. The van der Waals surface area contributed by atoms with E-state index in [2.05, 4.69) is 10.3 Å². The van der Waals surface area contributed by atoms with Gasteiger partial charge in [0.15, 0.2) is 0 Å². The second-order valence-corrected chi connectivity index (χ2v) is 2.94. The molecule has 2 amide bonds. The molecule has 0 aliphatic carbocycles. The van der Waals surface area contributed by atoms with Crippen LogP contribution in [-0.4, -0.2) is 17.5 Å². The van der Waals surface area contributed by atoms with Gasteiger partial charge in [-0.15, -0.1) is 0 Å². The predicted octanol–water partition coefficient (Wildman–Crippen LogP) is -0.208. The fourth-order valence-corrected chi connectivity index (χ4v) is 1.04. The molecule has 1 atom stereocenters. The van der Waals surface area contributed by atoms with E-state index in [0.717, 1.165) is 0 Å². The predicted molar refractivity (Wildman–Crippen MR) is 34.2 cm³/mol. The van der Waals surface area contributed by atoms with Crippen LogP contribution < -0.4 is 10.8 Å². The number of amides is 2. The SMILES string of the molecule is CCOP(=O)(O)NC(N)=O. The van der Waals surface area contributed by atoms with E-state index in [0.29, 0.717) is 0 Å². The molecule has 0 aromatic heterocycles. The zero-order valence-electron chi connectivity index (χ0n) is 5.40. The lowest BCUT2D eigenvalue weighted by molar-refractivity contribution is 0.240. The van der Waals surface area contributed by atoms with Gasteiger partial charge in [-0.25, -0.2) is 14.4 Å². The molecule has 60 valence electrons. The maximum atomic E-state index is 10.5. The number of urea groups is 1. The average molecular weight is 168 g/mol. The normalized spacial score (nSPS) is 15.8. The van der Waals surface area contributed by atoms with Gasteiger partial charge in [-0.1, -0.05) is 0 Å². The molecule has 4 N–H and O–H groups in total. The van der Waals surface area contributed by atoms with Crippen molar-refractivity contribution in [1.29, 1.82) is 0 Å². The minimum atomic E-state index is -3.97. The van der Waals surface area contributed by atoms with Crippen molar-refractivity contribution in [2.75, 3.05) is 6.61 Å². The molecule has 10 heavy (non-hydrogen) atoms. The highest BCUT2D eigenvalue weighted by molar-refractivity contribution is 7.51. The molecule has 0 spiro atoms. The Morgan fingerprint density at radius 2 is 2.40 bits per heavy atom. The Bertz CT molecular complexity index is 170. The maximum Gasteiger partial charge on any atom is 0.433 e. The van der Waals surface area contributed by atoms with Gasteiger partial charge in [0.1, 0.15) is 0 Å². The number of hydrogen-bond acceptors (Lipinski definition) is 3. The van der Waals surface area contributed by atoms with Crippen molar-refractivity contribution in [1.82, 2.24) is 5.09 Å².